The molecule has 20 heavy (non-hydrogen) atoms. The van der Waals surface area contributed by atoms with E-state index in [-0.39, 0.29) is 6.04 Å². The van der Waals surface area contributed by atoms with Crippen LogP contribution in [0.2, 0.25) is 0 Å². The maximum atomic E-state index is 12.5. The fourth-order valence-corrected chi connectivity index (χ4v) is 2.75. The Morgan fingerprint density at radius 2 is 1.90 bits per heavy atom. The molecule has 0 aliphatic carbocycles. The Bertz CT molecular complexity index is 561. The molecule has 0 fully saturated rings. The van der Waals surface area contributed by atoms with E-state index < -0.39 is 11.7 Å². The summed E-state index contributed by atoms with van der Waals surface area (Å²) in [6.07, 6.45) is -1.92. The molecule has 0 amide bonds. The molecule has 0 saturated carbocycles. The fourth-order valence-electron chi connectivity index (χ4n) is 1.73. The van der Waals surface area contributed by atoms with Gasteiger partial charge in [0.1, 0.15) is 0 Å². The van der Waals surface area contributed by atoms with Crippen LogP contribution in [0, 0.1) is 0 Å². The molecule has 0 aliphatic rings. The topological polar surface area (TPSA) is 24.9 Å². The van der Waals surface area contributed by atoms with Gasteiger partial charge < -0.3 is 5.32 Å². The van der Waals surface area contributed by atoms with Crippen molar-refractivity contribution < 1.29 is 13.2 Å². The van der Waals surface area contributed by atoms with Crippen LogP contribution in [-0.4, -0.2) is 12.0 Å². The summed E-state index contributed by atoms with van der Waals surface area (Å²) in [5.41, 5.74) is 0.209. The zero-order chi connectivity index (χ0) is 14.8. The highest BCUT2D eigenvalue weighted by molar-refractivity contribution is 7.11. The van der Waals surface area contributed by atoms with Crippen LogP contribution < -0.4 is 5.32 Å². The molecule has 0 spiro atoms. The van der Waals surface area contributed by atoms with Crippen molar-refractivity contribution in [2.75, 3.05) is 7.05 Å². The molecule has 2 nitrogen and oxygen atoms in total. The molecular weight excluding hydrogens is 285 g/mol. The number of rotatable bonds is 4. The summed E-state index contributed by atoms with van der Waals surface area (Å²) in [5, 5.41) is 4.03. The van der Waals surface area contributed by atoms with Crippen molar-refractivity contribution in [1.29, 1.82) is 0 Å². The first kappa shape index (κ1) is 15.0. The van der Waals surface area contributed by atoms with Crippen LogP contribution in [-0.2, 0) is 12.6 Å². The molecule has 0 saturated heterocycles. The predicted octanol–water partition coefficient (Wildman–Crippen LogP) is 4.03. The highest BCUT2D eigenvalue weighted by Crippen LogP contribution is 2.29. The van der Waals surface area contributed by atoms with Gasteiger partial charge in [-0.05, 0) is 31.7 Å². The lowest BCUT2D eigenvalue weighted by molar-refractivity contribution is -0.137. The predicted molar refractivity (Wildman–Crippen MR) is 73.8 cm³/mol. The quantitative estimate of drug-likeness (QED) is 0.922. The third-order valence-corrected chi connectivity index (χ3v) is 4.25. The summed E-state index contributed by atoms with van der Waals surface area (Å²) in [7, 11) is 1.87. The first-order valence-electron chi connectivity index (χ1n) is 6.18. The van der Waals surface area contributed by atoms with E-state index in [4.69, 9.17) is 0 Å². The van der Waals surface area contributed by atoms with Crippen LogP contribution in [0.5, 0.6) is 0 Å². The Kier molecular flexibility index (Phi) is 4.45. The molecule has 0 radical (unpaired) electrons. The van der Waals surface area contributed by atoms with Crippen LogP contribution in [0.25, 0.3) is 0 Å². The Labute approximate surface area is 119 Å². The van der Waals surface area contributed by atoms with E-state index in [0.717, 1.165) is 27.6 Å². The van der Waals surface area contributed by atoms with Gasteiger partial charge >= 0.3 is 6.18 Å². The SMILES string of the molecule is CNC(C)c1cnc(Cc2ccc(C(F)(F)F)cc2)s1. The molecule has 2 rings (SSSR count). The Morgan fingerprint density at radius 3 is 2.45 bits per heavy atom. The van der Waals surface area contributed by atoms with Crippen molar-refractivity contribution in [3.05, 3.63) is 51.5 Å². The molecule has 6 heteroatoms. The Morgan fingerprint density at radius 1 is 1.25 bits per heavy atom. The van der Waals surface area contributed by atoms with Crippen molar-refractivity contribution in [3.63, 3.8) is 0 Å². The molecule has 2 aromatic rings. The second-order valence-corrected chi connectivity index (χ2v) is 5.68. The van der Waals surface area contributed by atoms with Crippen LogP contribution in [0.15, 0.2) is 30.5 Å². The Hall–Kier alpha value is -1.40. The lowest BCUT2D eigenvalue weighted by atomic mass is 10.1. The molecule has 0 aliphatic heterocycles. The molecule has 1 unspecified atom stereocenters. The summed E-state index contributed by atoms with van der Waals surface area (Å²) in [5.74, 6) is 0. The third-order valence-electron chi connectivity index (χ3n) is 3.07. The number of benzene rings is 1. The maximum Gasteiger partial charge on any atom is 0.416 e. The van der Waals surface area contributed by atoms with E-state index in [1.54, 1.807) is 11.3 Å². The molecular formula is C14H15F3N2S. The largest absolute Gasteiger partial charge is 0.416 e. The van der Waals surface area contributed by atoms with Crippen molar-refractivity contribution in [2.45, 2.75) is 25.6 Å². The number of hydrogen-bond acceptors (Lipinski definition) is 3. The minimum Gasteiger partial charge on any atom is -0.312 e. The van der Waals surface area contributed by atoms with Gasteiger partial charge in [-0.25, -0.2) is 4.98 Å². The number of thiazole rings is 1. The highest BCUT2D eigenvalue weighted by Gasteiger charge is 2.29. The van der Waals surface area contributed by atoms with Gasteiger partial charge in [0.2, 0.25) is 0 Å². The van der Waals surface area contributed by atoms with Crippen LogP contribution in [0.3, 0.4) is 0 Å². The van der Waals surface area contributed by atoms with Crippen LogP contribution in [0.4, 0.5) is 13.2 Å². The summed E-state index contributed by atoms with van der Waals surface area (Å²) in [4.78, 5) is 5.43. The molecule has 1 aromatic heterocycles. The number of halogens is 3. The van der Waals surface area contributed by atoms with Gasteiger partial charge in [-0.2, -0.15) is 13.2 Å². The average Bonchev–Trinajstić information content (AvgIpc) is 2.86. The standard InChI is InChI=1S/C14H15F3N2S/c1-9(18-2)12-8-19-13(20-12)7-10-3-5-11(6-4-10)14(15,16)17/h3-6,8-9,18H,7H2,1-2H3. The number of nitrogens with one attached hydrogen (secondary N) is 1. The number of nitrogens with zero attached hydrogens (tertiary/aromatic N) is 1. The van der Waals surface area contributed by atoms with Gasteiger partial charge in [-0.15, -0.1) is 11.3 Å². The molecule has 0 bridgehead atoms. The van der Waals surface area contributed by atoms with Crippen molar-refractivity contribution in [3.8, 4) is 0 Å². The van der Waals surface area contributed by atoms with Gasteiger partial charge in [0, 0.05) is 23.5 Å². The third kappa shape index (κ3) is 3.58. The number of hydrogen-bond donors (Lipinski definition) is 1. The van der Waals surface area contributed by atoms with E-state index in [2.05, 4.69) is 10.3 Å². The lowest BCUT2D eigenvalue weighted by Gasteiger charge is -2.07. The molecule has 1 aromatic carbocycles. The normalized spacial score (nSPS) is 13.4. The summed E-state index contributed by atoms with van der Waals surface area (Å²) >= 11 is 1.57. The number of alkyl halides is 3. The van der Waals surface area contributed by atoms with E-state index >= 15 is 0 Å². The minimum absolute atomic E-state index is 0.230. The first-order chi connectivity index (χ1) is 9.40. The number of aromatic nitrogens is 1. The van der Waals surface area contributed by atoms with Gasteiger partial charge in [-0.3, -0.25) is 0 Å². The molecule has 1 heterocycles. The monoisotopic (exact) mass is 300 g/mol. The Balaban J connectivity index is 2.08. The van der Waals surface area contributed by atoms with Crippen LogP contribution in [0.1, 0.15) is 34.0 Å². The summed E-state index contributed by atoms with van der Waals surface area (Å²) in [6.45, 7) is 2.04. The highest BCUT2D eigenvalue weighted by atomic mass is 32.1. The van der Waals surface area contributed by atoms with E-state index in [9.17, 15) is 13.2 Å². The molecule has 1 N–H and O–H groups in total. The van der Waals surface area contributed by atoms with Crippen molar-refractivity contribution >= 4 is 11.3 Å². The first-order valence-corrected chi connectivity index (χ1v) is 7.00. The molecule has 1 atom stereocenters. The van der Waals surface area contributed by atoms with Crippen LogP contribution >= 0.6 is 11.3 Å². The second kappa shape index (κ2) is 5.93. The van der Waals surface area contributed by atoms with Gasteiger partial charge in [-0.1, -0.05) is 12.1 Å². The van der Waals surface area contributed by atoms with E-state index in [1.807, 2.05) is 20.2 Å². The average molecular weight is 300 g/mol. The zero-order valence-corrected chi connectivity index (χ0v) is 12.0. The second-order valence-electron chi connectivity index (χ2n) is 4.54. The fraction of sp³-hybridized carbons (Fsp3) is 0.357. The van der Waals surface area contributed by atoms with Crippen molar-refractivity contribution in [1.82, 2.24) is 10.3 Å². The van der Waals surface area contributed by atoms with Crippen molar-refractivity contribution in [2.24, 2.45) is 0 Å². The smallest absolute Gasteiger partial charge is 0.312 e. The van der Waals surface area contributed by atoms with Gasteiger partial charge in [0.15, 0.2) is 0 Å². The van der Waals surface area contributed by atoms with Gasteiger partial charge in [0.05, 0.1) is 10.6 Å². The van der Waals surface area contributed by atoms with E-state index in [1.165, 1.54) is 12.1 Å². The lowest BCUT2D eigenvalue weighted by Crippen LogP contribution is -2.10. The zero-order valence-electron chi connectivity index (χ0n) is 11.2. The minimum atomic E-state index is -4.28. The molecule has 108 valence electrons. The van der Waals surface area contributed by atoms with Gasteiger partial charge in [0.25, 0.3) is 0 Å². The maximum absolute atomic E-state index is 12.5. The van der Waals surface area contributed by atoms with E-state index in [0.29, 0.717) is 6.42 Å². The summed E-state index contributed by atoms with van der Waals surface area (Å²) < 4.78 is 37.4. The summed E-state index contributed by atoms with van der Waals surface area (Å²) in [6, 6.07) is 5.46.